The van der Waals surface area contributed by atoms with Crippen LogP contribution in [0.2, 0.25) is 0 Å². The fourth-order valence-corrected chi connectivity index (χ4v) is 1.16. The normalized spacial score (nSPS) is 13.0. The molecule has 0 unspecified atom stereocenters. The first-order valence-electron chi connectivity index (χ1n) is 5.11. The van der Waals surface area contributed by atoms with Gasteiger partial charge in [-0.2, -0.15) is 0 Å². The van der Waals surface area contributed by atoms with Crippen molar-refractivity contribution in [2.75, 3.05) is 6.54 Å². The topological polar surface area (TPSA) is 89.4 Å². The van der Waals surface area contributed by atoms with Crippen molar-refractivity contribution in [3.05, 3.63) is 0 Å². The predicted molar refractivity (Wildman–Crippen MR) is 58.9 cm³/mol. The molecule has 5 heteroatoms. The van der Waals surface area contributed by atoms with E-state index < -0.39 is 11.9 Å². The largest absolute Gasteiger partial charge is 0.368 e. The van der Waals surface area contributed by atoms with Crippen LogP contribution in [0.15, 0.2) is 0 Å². The Labute approximate surface area is 90.8 Å². The van der Waals surface area contributed by atoms with E-state index in [1.54, 1.807) is 0 Å². The molecular formula is C10H21N3O2. The zero-order valence-corrected chi connectivity index (χ0v) is 9.86. The summed E-state index contributed by atoms with van der Waals surface area (Å²) < 4.78 is 0. The van der Waals surface area contributed by atoms with Gasteiger partial charge >= 0.3 is 0 Å². The second kappa shape index (κ2) is 5.70. The highest BCUT2D eigenvalue weighted by molar-refractivity contribution is 5.87. The third-order valence-electron chi connectivity index (χ3n) is 2.24. The maximum Gasteiger partial charge on any atom is 0.240 e. The molecule has 4 N–H and O–H groups in total. The lowest BCUT2D eigenvalue weighted by Gasteiger charge is -2.29. The minimum absolute atomic E-state index is 0.0478. The molecule has 0 rings (SSSR count). The molecule has 0 aliphatic carbocycles. The molecule has 0 heterocycles. The molecule has 0 spiro atoms. The lowest BCUT2D eigenvalue weighted by Crippen LogP contribution is -2.51. The van der Waals surface area contributed by atoms with Crippen LogP contribution in [-0.4, -0.2) is 35.3 Å². The Kier molecular flexibility index (Phi) is 5.28. The molecule has 0 aromatic carbocycles. The van der Waals surface area contributed by atoms with E-state index in [4.69, 9.17) is 11.5 Å². The van der Waals surface area contributed by atoms with Crippen molar-refractivity contribution in [1.82, 2.24) is 4.90 Å². The number of rotatable bonds is 5. The summed E-state index contributed by atoms with van der Waals surface area (Å²) >= 11 is 0. The lowest BCUT2D eigenvalue weighted by atomic mass is 10.0. The third-order valence-corrected chi connectivity index (χ3v) is 2.24. The molecule has 0 saturated carbocycles. The molecule has 5 nitrogen and oxygen atoms in total. The monoisotopic (exact) mass is 215 g/mol. The number of amides is 2. The summed E-state index contributed by atoms with van der Waals surface area (Å²) in [5, 5.41) is 0. The average Bonchev–Trinajstić information content (AvgIpc) is 2.10. The quantitative estimate of drug-likeness (QED) is 0.659. The number of hydrogen-bond acceptors (Lipinski definition) is 3. The molecule has 2 amide bonds. The Hall–Kier alpha value is -1.10. The molecule has 0 fully saturated rings. The van der Waals surface area contributed by atoms with E-state index in [1.807, 2.05) is 27.7 Å². The molecule has 0 aromatic heterocycles. The van der Waals surface area contributed by atoms with Crippen molar-refractivity contribution in [3.8, 4) is 0 Å². The van der Waals surface area contributed by atoms with Crippen LogP contribution in [0.25, 0.3) is 0 Å². The molecular weight excluding hydrogens is 194 g/mol. The molecule has 0 aliphatic heterocycles. The van der Waals surface area contributed by atoms with Gasteiger partial charge in [0.05, 0.1) is 12.6 Å². The Morgan fingerprint density at radius 3 is 1.93 bits per heavy atom. The molecule has 1 atom stereocenters. The number of hydrogen-bond donors (Lipinski definition) is 2. The van der Waals surface area contributed by atoms with Crippen molar-refractivity contribution < 1.29 is 9.59 Å². The summed E-state index contributed by atoms with van der Waals surface area (Å²) in [6.07, 6.45) is 0. The minimum Gasteiger partial charge on any atom is -0.368 e. The van der Waals surface area contributed by atoms with Crippen molar-refractivity contribution in [1.29, 1.82) is 0 Å². The van der Waals surface area contributed by atoms with Crippen LogP contribution in [0.3, 0.4) is 0 Å². The van der Waals surface area contributed by atoms with Gasteiger partial charge in [0.15, 0.2) is 0 Å². The lowest BCUT2D eigenvalue weighted by molar-refractivity contribution is -0.138. The van der Waals surface area contributed by atoms with E-state index in [1.165, 1.54) is 4.90 Å². The average molecular weight is 215 g/mol. The van der Waals surface area contributed by atoms with Crippen molar-refractivity contribution in [2.45, 2.75) is 39.8 Å². The first-order chi connectivity index (χ1) is 6.77. The zero-order valence-electron chi connectivity index (χ0n) is 9.86. The van der Waals surface area contributed by atoms with Gasteiger partial charge in [0.1, 0.15) is 0 Å². The SMILES string of the molecule is CC(C)[C@@H](N)C(=O)N(CC(N)=O)C(C)C. The second-order valence-electron chi connectivity index (χ2n) is 4.30. The van der Waals surface area contributed by atoms with E-state index in [0.29, 0.717) is 0 Å². The summed E-state index contributed by atoms with van der Waals surface area (Å²) in [6, 6.07) is -0.651. The summed E-state index contributed by atoms with van der Waals surface area (Å²) in [5.74, 6) is -0.696. The van der Waals surface area contributed by atoms with Crippen LogP contribution in [0.1, 0.15) is 27.7 Å². The Morgan fingerprint density at radius 2 is 1.67 bits per heavy atom. The summed E-state index contributed by atoms with van der Waals surface area (Å²) in [5.41, 5.74) is 10.8. The smallest absolute Gasteiger partial charge is 0.240 e. The Morgan fingerprint density at radius 1 is 1.20 bits per heavy atom. The fourth-order valence-electron chi connectivity index (χ4n) is 1.16. The van der Waals surface area contributed by atoms with Crippen LogP contribution in [0, 0.1) is 5.92 Å². The van der Waals surface area contributed by atoms with Crippen molar-refractivity contribution in [3.63, 3.8) is 0 Å². The van der Waals surface area contributed by atoms with E-state index in [-0.39, 0.29) is 24.4 Å². The van der Waals surface area contributed by atoms with Crippen LogP contribution in [0.5, 0.6) is 0 Å². The molecule has 0 aliphatic rings. The van der Waals surface area contributed by atoms with Crippen LogP contribution >= 0.6 is 0 Å². The molecule has 0 saturated heterocycles. The fraction of sp³-hybridized carbons (Fsp3) is 0.800. The number of nitrogens with zero attached hydrogens (tertiary/aromatic N) is 1. The molecule has 0 bridgehead atoms. The van der Waals surface area contributed by atoms with E-state index in [2.05, 4.69) is 0 Å². The highest BCUT2D eigenvalue weighted by Gasteiger charge is 2.26. The number of nitrogens with two attached hydrogens (primary N) is 2. The highest BCUT2D eigenvalue weighted by Crippen LogP contribution is 2.06. The number of carbonyl (C=O) groups excluding carboxylic acids is 2. The zero-order chi connectivity index (χ0) is 12.2. The van der Waals surface area contributed by atoms with Crippen molar-refractivity contribution in [2.24, 2.45) is 17.4 Å². The summed E-state index contributed by atoms with van der Waals surface area (Å²) in [4.78, 5) is 24.1. The van der Waals surface area contributed by atoms with E-state index in [9.17, 15) is 9.59 Å². The van der Waals surface area contributed by atoms with Gasteiger partial charge < -0.3 is 16.4 Å². The van der Waals surface area contributed by atoms with Crippen LogP contribution in [-0.2, 0) is 9.59 Å². The van der Waals surface area contributed by atoms with E-state index >= 15 is 0 Å². The first-order valence-corrected chi connectivity index (χ1v) is 5.11. The third kappa shape index (κ3) is 4.29. The van der Waals surface area contributed by atoms with Gasteiger partial charge in [-0.15, -0.1) is 0 Å². The van der Waals surface area contributed by atoms with Crippen LogP contribution < -0.4 is 11.5 Å². The van der Waals surface area contributed by atoms with Gasteiger partial charge in [-0.05, 0) is 19.8 Å². The molecule has 88 valence electrons. The number of primary amides is 1. The van der Waals surface area contributed by atoms with Gasteiger partial charge in [-0.1, -0.05) is 13.8 Å². The Bertz CT molecular complexity index is 239. The summed E-state index contributed by atoms with van der Waals surface area (Å²) in [6.45, 7) is 7.31. The highest BCUT2D eigenvalue weighted by atomic mass is 16.2. The molecule has 15 heavy (non-hydrogen) atoms. The molecule has 0 radical (unpaired) electrons. The maximum absolute atomic E-state index is 11.9. The Balaban J connectivity index is 4.62. The van der Waals surface area contributed by atoms with Gasteiger partial charge in [0.25, 0.3) is 0 Å². The van der Waals surface area contributed by atoms with Gasteiger partial charge in [0.2, 0.25) is 11.8 Å². The first kappa shape index (κ1) is 13.9. The second-order valence-corrected chi connectivity index (χ2v) is 4.30. The van der Waals surface area contributed by atoms with Gasteiger partial charge in [0, 0.05) is 6.04 Å². The minimum atomic E-state index is -0.577. The molecule has 0 aromatic rings. The standard InChI is InChI=1S/C10H21N3O2/c1-6(2)9(12)10(15)13(7(3)4)5-8(11)14/h6-7,9H,5,12H2,1-4H3,(H2,11,14)/t9-/m1/s1. The number of carbonyl (C=O) groups is 2. The maximum atomic E-state index is 11.9. The van der Waals surface area contributed by atoms with Crippen LogP contribution in [0.4, 0.5) is 0 Å². The van der Waals surface area contributed by atoms with Gasteiger partial charge in [-0.25, -0.2) is 0 Å². The summed E-state index contributed by atoms with van der Waals surface area (Å²) in [7, 11) is 0. The van der Waals surface area contributed by atoms with Crippen molar-refractivity contribution >= 4 is 11.8 Å². The van der Waals surface area contributed by atoms with Gasteiger partial charge in [-0.3, -0.25) is 9.59 Å². The predicted octanol–water partition coefficient (Wildman–Crippen LogP) is -0.308. The van der Waals surface area contributed by atoms with E-state index in [0.717, 1.165) is 0 Å².